The Bertz CT molecular complexity index is 467. The van der Waals surface area contributed by atoms with Crippen molar-refractivity contribution in [1.29, 1.82) is 0 Å². The van der Waals surface area contributed by atoms with Gasteiger partial charge in [-0.2, -0.15) is 0 Å². The first kappa shape index (κ1) is 12.8. The van der Waals surface area contributed by atoms with Gasteiger partial charge >= 0.3 is 0 Å². The van der Waals surface area contributed by atoms with Gasteiger partial charge in [-0.1, -0.05) is 74.3 Å². The van der Waals surface area contributed by atoms with Gasteiger partial charge in [0.25, 0.3) is 0 Å². The zero-order valence-electron chi connectivity index (χ0n) is 8.98. The Kier molecular flexibility index (Phi) is 4.35. The van der Waals surface area contributed by atoms with E-state index in [1.807, 2.05) is 18.2 Å². The van der Waals surface area contributed by atoms with Crippen LogP contribution in [0, 0.1) is 5.82 Å². The Hall–Kier alpha value is -0.670. The van der Waals surface area contributed by atoms with Crippen LogP contribution in [0.1, 0.15) is 20.8 Å². The van der Waals surface area contributed by atoms with Crippen molar-refractivity contribution in [3.05, 3.63) is 71.5 Å². The van der Waals surface area contributed by atoms with E-state index in [1.54, 1.807) is 12.1 Å². The number of hydrogen-bond donors (Lipinski definition) is 0. The molecule has 0 radical (unpaired) electrons. The third-order valence-corrected chi connectivity index (χ3v) is 5.39. The first-order valence-corrected chi connectivity index (χ1v) is 7.10. The Labute approximate surface area is 117 Å². The summed E-state index contributed by atoms with van der Waals surface area (Å²) in [5, 5.41) is 0. The molecule has 0 aliphatic carbocycles. The third kappa shape index (κ3) is 3.17. The van der Waals surface area contributed by atoms with Crippen molar-refractivity contribution >= 4 is 31.9 Å². The van der Waals surface area contributed by atoms with Crippen LogP contribution in [0.2, 0.25) is 0 Å². The van der Waals surface area contributed by atoms with Crippen LogP contribution in [0.4, 0.5) is 4.39 Å². The van der Waals surface area contributed by atoms with Gasteiger partial charge in [-0.3, -0.25) is 0 Å². The molecule has 0 bridgehead atoms. The summed E-state index contributed by atoms with van der Waals surface area (Å²) >= 11 is 7.31. The average Bonchev–Trinajstić information content (AvgIpc) is 2.39. The summed E-state index contributed by atoms with van der Waals surface area (Å²) in [7, 11) is 0. The first-order chi connectivity index (χ1) is 8.18. The molecule has 2 atom stereocenters. The second kappa shape index (κ2) is 5.78. The van der Waals surface area contributed by atoms with Gasteiger partial charge in [0.1, 0.15) is 5.82 Å². The molecule has 2 rings (SSSR count). The smallest absolute Gasteiger partial charge is 0.123 e. The summed E-state index contributed by atoms with van der Waals surface area (Å²) in [6.07, 6.45) is 0. The molecule has 0 fully saturated rings. The summed E-state index contributed by atoms with van der Waals surface area (Å²) < 4.78 is 12.8. The lowest BCUT2D eigenvalue weighted by atomic mass is 10.0. The monoisotopic (exact) mass is 356 g/mol. The standard InChI is InChI=1S/C14H11Br2F/c15-13(10-4-2-1-3-5-10)14(16)11-6-8-12(17)9-7-11/h1-9,13-14H/t13-,14-/m1/s1. The lowest BCUT2D eigenvalue weighted by Crippen LogP contribution is -1.99. The van der Waals surface area contributed by atoms with Crippen LogP contribution in [-0.4, -0.2) is 0 Å². The minimum absolute atomic E-state index is 0.116. The highest BCUT2D eigenvalue weighted by Gasteiger charge is 2.19. The molecule has 2 aromatic carbocycles. The van der Waals surface area contributed by atoms with Gasteiger partial charge in [-0.05, 0) is 23.3 Å². The van der Waals surface area contributed by atoms with Gasteiger partial charge in [-0.15, -0.1) is 0 Å². The summed E-state index contributed by atoms with van der Waals surface area (Å²) in [5.41, 5.74) is 2.25. The molecule has 0 amide bonds. The van der Waals surface area contributed by atoms with Crippen LogP contribution in [0.15, 0.2) is 54.6 Å². The quantitative estimate of drug-likeness (QED) is 0.645. The number of hydrogen-bond acceptors (Lipinski definition) is 0. The van der Waals surface area contributed by atoms with Crippen LogP contribution >= 0.6 is 31.9 Å². The van der Waals surface area contributed by atoms with E-state index in [2.05, 4.69) is 44.0 Å². The molecule has 0 saturated heterocycles. The molecule has 0 heterocycles. The van der Waals surface area contributed by atoms with Gasteiger partial charge in [-0.25, -0.2) is 4.39 Å². The van der Waals surface area contributed by atoms with Crippen molar-refractivity contribution in [2.24, 2.45) is 0 Å². The molecular weight excluding hydrogens is 347 g/mol. The fourth-order valence-electron chi connectivity index (χ4n) is 1.62. The van der Waals surface area contributed by atoms with Gasteiger partial charge < -0.3 is 0 Å². The maximum Gasteiger partial charge on any atom is 0.123 e. The highest BCUT2D eigenvalue weighted by atomic mass is 79.9. The Morgan fingerprint density at radius 3 is 1.71 bits per heavy atom. The SMILES string of the molecule is Fc1ccc([C@@H](Br)[C@H](Br)c2ccccc2)cc1. The van der Waals surface area contributed by atoms with E-state index in [1.165, 1.54) is 17.7 Å². The van der Waals surface area contributed by atoms with Crippen molar-refractivity contribution in [3.63, 3.8) is 0 Å². The maximum atomic E-state index is 12.8. The first-order valence-electron chi connectivity index (χ1n) is 5.27. The van der Waals surface area contributed by atoms with Crippen LogP contribution < -0.4 is 0 Å². The van der Waals surface area contributed by atoms with Crippen LogP contribution in [-0.2, 0) is 0 Å². The van der Waals surface area contributed by atoms with Crippen LogP contribution in [0.3, 0.4) is 0 Å². The fraction of sp³-hybridized carbons (Fsp3) is 0.143. The molecular formula is C14H11Br2F. The number of alkyl halides is 2. The molecule has 0 N–H and O–H groups in total. The Balaban J connectivity index is 2.20. The normalized spacial score (nSPS) is 14.3. The predicted octanol–water partition coefficient (Wildman–Crippen LogP) is 5.40. The molecule has 0 aliphatic rings. The predicted molar refractivity (Wildman–Crippen MR) is 76.2 cm³/mol. The molecule has 0 spiro atoms. The summed E-state index contributed by atoms with van der Waals surface area (Å²) in [4.78, 5) is 0.277. The van der Waals surface area contributed by atoms with E-state index in [0.717, 1.165) is 5.56 Å². The molecule has 2 aromatic rings. The van der Waals surface area contributed by atoms with Crippen LogP contribution in [0.5, 0.6) is 0 Å². The zero-order chi connectivity index (χ0) is 12.3. The Morgan fingerprint density at radius 1 is 0.706 bits per heavy atom. The Morgan fingerprint density at radius 2 is 1.18 bits per heavy atom. The van der Waals surface area contributed by atoms with Crippen molar-refractivity contribution in [2.75, 3.05) is 0 Å². The second-order valence-corrected chi connectivity index (χ2v) is 5.74. The summed E-state index contributed by atoms with van der Waals surface area (Å²) in [6, 6.07) is 16.7. The van der Waals surface area contributed by atoms with Crippen LogP contribution in [0.25, 0.3) is 0 Å². The maximum absolute atomic E-state index is 12.8. The van der Waals surface area contributed by atoms with Crippen molar-refractivity contribution in [3.8, 4) is 0 Å². The lowest BCUT2D eigenvalue weighted by Gasteiger charge is -2.17. The highest BCUT2D eigenvalue weighted by molar-refractivity contribution is 9.12. The third-order valence-electron chi connectivity index (χ3n) is 2.56. The van der Waals surface area contributed by atoms with E-state index in [9.17, 15) is 4.39 Å². The van der Waals surface area contributed by atoms with E-state index >= 15 is 0 Å². The summed E-state index contributed by atoms with van der Waals surface area (Å²) in [5.74, 6) is -0.209. The zero-order valence-corrected chi connectivity index (χ0v) is 12.2. The van der Waals surface area contributed by atoms with E-state index in [0.29, 0.717) is 0 Å². The summed E-state index contributed by atoms with van der Waals surface area (Å²) in [6.45, 7) is 0. The van der Waals surface area contributed by atoms with Gasteiger partial charge in [0.05, 0.1) is 9.65 Å². The highest BCUT2D eigenvalue weighted by Crippen LogP contribution is 2.41. The molecule has 3 heteroatoms. The lowest BCUT2D eigenvalue weighted by molar-refractivity contribution is 0.627. The minimum Gasteiger partial charge on any atom is -0.207 e. The molecule has 0 unspecified atom stereocenters. The largest absolute Gasteiger partial charge is 0.207 e. The van der Waals surface area contributed by atoms with Gasteiger partial charge in [0.15, 0.2) is 0 Å². The number of halogens is 3. The van der Waals surface area contributed by atoms with Crippen molar-refractivity contribution < 1.29 is 4.39 Å². The molecule has 0 aromatic heterocycles. The molecule has 0 saturated carbocycles. The molecule has 0 nitrogen and oxygen atoms in total. The van der Waals surface area contributed by atoms with E-state index in [-0.39, 0.29) is 15.5 Å². The second-order valence-electron chi connectivity index (χ2n) is 3.77. The number of rotatable bonds is 3. The van der Waals surface area contributed by atoms with E-state index in [4.69, 9.17) is 0 Å². The van der Waals surface area contributed by atoms with Gasteiger partial charge in [0, 0.05) is 0 Å². The van der Waals surface area contributed by atoms with Gasteiger partial charge in [0.2, 0.25) is 0 Å². The molecule has 0 aliphatic heterocycles. The van der Waals surface area contributed by atoms with Crippen molar-refractivity contribution in [2.45, 2.75) is 9.65 Å². The average molecular weight is 358 g/mol. The minimum atomic E-state index is -0.209. The number of benzene rings is 2. The fourth-order valence-corrected chi connectivity index (χ4v) is 2.84. The molecule has 88 valence electrons. The van der Waals surface area contributed by atoms with Crippen molar-refractivity contribution in [1.82, 2.24) is 0 Å². The van der Waals surface area contributed by atoms with E-state index < -0.39 is 0 Å². The molecule has 17 heavy (non-hydrogen) atoms. The topological polar surface area (TPSA) is 0 Å².